The van der Waals surface area contributed by atoms with Crippen LogP contribution in [-0.4, -0.2) is 5.91 Å². The van der Waals surface area contributed by atoms with E-state index in [0.717, 1.165) is 5.56 Å². The fourth-order valence-corrected chi connectivity index (χ4v) is 3.06. The normalized spacial score (nSPS) is 10.6. The van der Waals surface area contributed by atoms with E-state index in [4.69, 9.17) is 11.6 Å². The number of anilines is 1. The van der Waals surface area contributed by atoms with E-state index in [2.05, 4.69) is 21.2 Å². The summed E-state index contributed by atoms with van der Waals surface area (Å²) in [6, 6.07) is 2.90. The van der Waals surface area contributed by atoms with Gasteiger partial charge in [-0.05, 0) is 58.4 Å². The van der Waals surface area contributed by atoms with Crippen molar-refractivity contribution in [2.24, 2.45) is 0 Å². The predicted molar refractivity (Wildman–Crippen MR) is 80.9 cm³/mol. The summed E-state index contributed by atoms with van der Waals surface area (Å²) in [6.07, 6.45) is 0. The van der Waals surface area contributed by atoms with Crippen molar-refractivity contribution in [2.75, 3.05) is 5.32 Å². The number of rotatable bonds is 2. The first kappa shape index (κ1) is 14.5. The van der Waals surface area contributed by atoms with Crippen molar-refractivity contribution < 1.29 is 9.18 Å². The van der Waals surface area contributed by atoms with Gasteiger partial charge in [0.25, 0.3) is 5.91 Å². The van der Waals surface area contributed by atoms with Gasteiger partial charge in [0, 0.05) is 5.69 Å². The Labute approximate surface area is 127 Å². The average Bonchev–Trinajstić information content (AvgIpc) is 2.67. The van der Waals surface area contributed by atoms with E-state index in [1.807, 2.05) is 12.3 Å². The number of amides is 1. The number of benzene rings is 1. The highest BCUT2D eigenvalue weighted by atomic mass is 79.9. The molecule has 0 unspecified atom stereocenters. The molecule has 1 N–H and O–H groups in total. The van der Waals surface area contributed by atoms with Crippen LogP contribution in [0.15, 0.2) is 22.0 Å². The minimum atomic E-state index is -0.361. The van der Waals surface area contributed by atoms with Crippen LogP contribution < -0.4 is 5.32 Å². The van der Waals surface area contributed by atoms with Gasteiger partial charge >= 0.3 is 0 Å². The molecule has 0 aliphatic heterocycles. The molecule has 0 saturated heterocycles. The van der Waals surface area contributed by atoms with Crippen molar-refractivity contribution in [3.8, 4) is 0 Å². The van der Waals surface area contributed by atoms with Crippen molar-refractivity contribution >= 4 is 50.5 Å². The largest absolute Gasteiger partial charge is 0.321 e. The molecule has 2 aromatic rings. The Morgan fingerprint density at radius 3 is 2.63 bits per heavy atom. The first-order valence-corrected chi connectivity index (χ1v) is 7.45. The molecule has 0 saturated carbocycles. The predicted octanol–water partition coefficient (Wildman–Crippen LogP) is 5.17. The van der Waals surface area contributed by atoms with Gasteiger partial charge in [-0.25, -0.2) is 4.39 Å². The van der Waals surface area contributed by atoms with Crippen molar-refractivity contribution in [3.05, 3.63) is 48.8 Å². The summed E-state index contributed by atoms with van der Waals surface area (Å²) in [7, 11) is 0. The molecule has 0 spiro atoms. The smallest absolute Gasteiger partial charge is 0.267 e. The van der Waals surface area contributed by atoms with Crippen molar-refractivity contribution in [2.45, 2.75) is 13.8 Å². The molecule has 19 heavy (non-hydrogen) atoms. The van der Waals surface area contributed by atoms with Crippen molar-refractivity contribution in [1.82, 2.24) is 0 Å². The molecule has 0 fully saturated rings. The fraction of sp³-hybridized carbons (Fsp3) is 0.154. The lowest BCUT2D eigenvalue weighted by Crippen LogP contribution is -2.12. The SMILES string of the molecule is Cc1cc(F)c(Br)cc1NC(=O)c1scc(C)c1Cl. The van der Waals surface area contributed by atoms with Crippen LogP contribution in [-0.2, 0) is 0 Å². The fourth-order valence-electron chi connectivity index (χ4n) is 1.54. The number of thiophene rings is 1. The Kier molecular flexibility index (Phi) is 4.28. The molecule has 1 amide bonds. The van der Waals surface area contributed by atoms with Crippen LogP contribution in [0.5, 0.6) is 0 Å². The van der Waals surface area contributed by atoms with Crippen LogP contribution in [0.3, 0.4) is 0 Å². The third kappa shape index (κ3) is 2.99. The zero-order valence-corrected chi connectivity index (χ0v) is 13.3. The van der Waals surface area contributed by atoms with Crippen LogP contribution in [0.4, 0.5) is 10.1 Å². The molecule has 1 heterocycles. The van der Waals surface area contributed by atoms with Crippen molar-refractivity contribution in [3.63, 3.8) is 0 Å². The first-order valence-electron chi connectivity index (χ1n) is 5.40. The maximum absolute atomic E-state index is 13.3. The summed E-state index contributed by atoms with van der Waals surface area (Å²) in [5.41, 5.74) is 2.08. The molecule has 100 valence electrons. The minimum absolute atomic E-state index is 0.287. The second-order valence-electron chi connectivity index (χ2n) is 4.10. The summed E-state index contributed by atoms with van der Waals surface area (Å²) in [5, 5.41) is 5.02. The molecule has 0 aliphatic carbocycles. The van der Waals surface area contributed by atoms with E-state index in [0.29, 0.717) is 25.6 Å². The number of aryl methyl sites for hydroxylation is 2. The molecule has 0 bridgehead atoms. The van der Waals surface area contributed by atoms with Gasteiger partial charge in [0.2, 0.25) is 0 Å². The Balaban J connectivity index is 2.29. The molecule has 6 heteroatoms. The Hall–Kier alpha value is -0.910. The Morgan fingerprint density at radius 2 is 2.05 bits per heavy atom. The second kappa shape index (κ2) is 5.61. The number of nitrogens with one attached hydrogen (secondary N) is 1. The van der Waals surface area contributed by atoms with E-state index in [-0.39, 0.29) is 11.7 Å². The van der Waals surface area contributed by atoms with Crippen LogP contribution >= 0.6 is 38.9 Å². The Morgan fingerprint density at radius 1 is 1.37 bits per heavy atom. The lowest BCUT2D eigenvalue weighted by molar-refractivity contribution is 0.103. The number of carbonyl (C=O) groups excluding carboxylic acids is 1. The lowest BCUT2D eigenvalue weighted by atomic mass is 10.2. The van der Waals surface area contributed by atoms with Gasteiger partial charge < -0.3 is 5.32 Å². The quantitative estimate of drug-likeness (QED) is 0.784. The van der Waals surface area contributed by atoms with Gasteiger partial charge in [-0.2, -0.15) is 0 Å². The molecular formula is C13H10BrClFNOS. The topological polar surface area (TPSA) is 29.1 Å². The summed E-state index contributed by atoms with van der Waals surface area (Å²) in [5.74, 6) is -0.648. The summed E-state index contributed by atoms with van der Waals surface area (Å²) >= 11 is 10.4. The van der Waals surface area contributed by atoms with Crippen LogP contribution in [0.1, 0.15) is 20.8 Å². The summed E-state index contributed by atoms with van der Waals surface area (Å²) in [4.78, 5) is 12.6. The van der Waals surface area contributed by atoms with E-state index in [9.17, 15) is 9.18 Å². The van der Waals surface area contributed by atoms with Gasteiger partial charge in [-0.3, -0.25) is 4.79 Å². The molecule has 0 radical (unpaired) electrons. The summed E-state index contributed by atoms with van der Waals surface area (Å²) < 4.78 is 13.6. The highest BCUT2D eigenvalue weighted by Crippen LogP contribution is 2.29. The molecular weight excluding hydrogens is 353 g/mol. The zero-order valence-electron chi connectivity index (χ0n) is 10.2. The van der Waals surface area contributed by atoms with Gasteiger partial charge in [0.05, 0.1) is 9.50 Å². The van der Waals surface area contributed by atoms with Gasteiger partial charge in [-0.1, -0.05) is 11.6 Å². The lowest BCUT2D eigenvalue weighted by Gasteiger charge is -2.09. The molecule has 1 aromatic heterocycles. The summed E-state index contributed by atoms with van der Waals surface area (Å²) in [6.45, 7) is 3.57. The molecule has 0 aliphatic rings. The number of hydrogen-bond donors (Lipinski definition) is 1. The van der Waals surface area contributed by atoms with Crippen LogP contribution in [0, 0.1) is 19.7 Å². The van der Waals surface area contributed by atoms with Crippen LogP contribution in [0.2, 0.25) is 5.02 Å². The van der Waals surface area contributed by atoms with Crippen LogP contribution in [0.25, 0.3) is 0 Å². The van der Waals surface area contributed by atoms with E-state index in [1.165, 1.54) is 23.5 Å². The highest BCUT2D eigenvalue weighted by molar-refractivity contribution is 9.10. The standard InChI is InChI=1S/C13H10BrClFNOS/c1-6-3-9(16)8(14)4-10(6)17-13(18)12-11(15)7(2)5-19-12/h3-5H,1-2H3,(H,17,18). The Bertz CT molecular complexity index is 656. The molecule has 2 nitrogen and oxygen atoms in total. The number of hydrogen-bond acceptors (Lipinski definition) is 2. The average molecular weight is 363 g/mol. The maximum atomic E-state index is 13.3. The van der Waals surface area contributed by atoms with Gasteiger partial charge in [0.1, 0.15) is 10.7 Å². The van der Waals surface area contributed by atoms with E-state index >= 15 is 0 Å². The zero-order chi connectivity index (χ0) is 14.2. The van der Waals surface area contributed by atoms with E-state index in [1.54, 1.807) is 6.92 Å². The maximum Gasteiger partial charge on any atom is 0.267 e. The monoisotopic (exact) mass is 361 g/mol. The first-order chi connectivity index (χ1) is 8.90. The second-order valence-corrected chi connectivity index (χ2v) is 6.21. The number of halogens is 3. The van der Waals surface area contributed by atoms with E-state index < -0.39 is 0 Å². The van der Waals surface area contributed by atoms with Crippen molar-refractivity contribution in [1.29, 1.82) is 0 Å². The third-order valence-corrected chi connectivity index (χ3v) is 4.92. The van der Waals surface area contributed by atoms with Gasteiger partial charge in [-0.15, -0.1) is 11.3 Å². The molecule has 1 aromatic carbocycles. The molecule has 0 atom stereocenters. The third-order valence-electron chi connectivity index (χ3n) is 2.62. The van der Waals surface area contributed by atoms with Gasteiger partial charge in [0.15, 0.2) is 0 Å². The molecule has 2 rings (SSSR count). The highest BCUT2D eigenvalue weighted by Gasteiger charge is 2.16. The minimum Gasteiger partial charge on any atom is -0.321 e. The number of carbonyl (C=O) groups is 1.